The molecule has 0 unspecified atom stereocenters. The van der Waals surface area contributed by atoms with E-state index in [1.807, 2.05) is 30.3 Å². The Hall–Kier alpha value is -2.40. The van der Waals surface area contributed by atoms with Crippen LogP contribution >= 0.6 is 0 Å². The molecule has 0 bridgehead atoms. The summed E-state index contributed by atoms with van der Waals surface area (Å²) in [6.07, 6.45) is 2.37. The quantitative estimate of drug-likeness (QED) is 0.866. The lowest BCUT2D eigenvalue weighted by molar-refractivity contribution is 0.0759. The zero-order valence-electron chi connectivity index (χ0n) is 12.7. The molecule has 5 nitrogen and oxygen atoms in total. The highest BCUT2D eigenvalue weighted by molar-refractivity contribution is 5.93. The van der Waals surface area contributed by atoms with E-state index >= 15 is 0 Å². The first-order valence-corrected chi connectivity index (χ1v) is 7.32. The summed E-state index contributed by atoms with van der Waals surface area (Å²) in [5, 5.41) is 0. The van der Waals surface area contributed by atoms with Crippen molar-refractivity contribution in [1.29, 1.82) is 0 Å². The second-order valence-electron chi connectivity index (χ2n) is 5.15. The third-order valence-electron chi connectivity index (χ3n) is 3.55. The van der Waals surface area contributed by atoms with Crippen LogP contribution in [-0.2, 0) is 13.5 Å². The van der Waals surface area contributed by atoms with Crippen LogP contribution in [0.25, 0.3) is 0 Å². The van der Waals surface area contributed by atoms with Gasteiger partial charge in [0.25, 0.3) is 11.5 Å². The maximum atomic E-state index is 12.6. The SMILES string of the molecule is Cn1cccc(C(=O)N(CCN)CCc2ccccc2)c1=O. The smallest absolute Gasteiger partial charge is 0.263 e. The highest BCUT2D eigenvalue weighted by Gasteiger charge is 2.18. The number of rotatable bonds is 6. The Morgan fingerprint density at radius 2 is 1.86 bits per heavy atom. The number of carbonyl (C=O) groups excluding carboxylic acids is 1. The standard InChI is InChI=1S/C17H21N3O2/c1-19-11-5-8-15(16(19)21)17(22)20(13-10-18)12-9-14-6-3-2-4-7-14/h2-8,11H,9-10,12-13,18H2,1H3. The van der Waals surface area contributed by atoms with E-state index in [2.05, 4.69) is 0 Å². The summed E-state index contributed by atoms with van der Waals surface area (Å²) in [6, 6.07) is 13.2. The van der Waals surface area contributed by atoms with Gasteiger partial charge in [-0.25, -0.2) is 0 Å². The lowest BCUT2D eigenvalue weighted by atomic mass is 10.1. The number of hydrogen-bond acceptors (Lipinski definition) is 3. The number of aryl methyl sites for hydroxylation is 1. The number of nitrogens with zero attached hydrogens (tertiary/aromatic N) is 2. The minimum Gasteiger partial charge on any atom is -0.337 e. The molecule has 0 fully saturated rings. The first kappa shape index (κ1) is 16.0. The van der Waals surface area contributed by atoms with Crippen LogP contribution in [0.5, 0.6) is 0 Å². The normalized spacial score (nSPS) is 10.5. The van der Waals surface area contributed by atoms with Crippen molar-refractivity contribution in [2.24, 2.45) is 12.8 Å². The zero-order valence-corrected chi connectivity index (χ0v) is 12.7. The van der Waals surface area contributed by atoms with E-state index < -0.39 is 0 Å². The topological polar surface area (TPSA) is 68.3 Å². The zero-order chi connectivity index (χ0) is 15.9. The number of amides is 1. The Labute approximate surface area is 130 Å². The van der Waals surface area contributed by atoms with E-state index in [-0.39, 0.29) is 17.0 Å². The number of pyridine rings is 1. The van der Waals surface area contributed by atoms with E-state index in [1.54, 1.807) is 30.3 Å². The largest absolute Gasteiger partial charge is 0.337 e. The van der Waals surface area contributed by atoms with E-state index in [0.717, 1.165) is 12.0 Å². The molecule has 116 valence electrons. The van der Waals surface area contributed by atoms with Crippen LogP contribution in [0, 0.1) is 0 Å². The molecule has 0 saturated heterocycles. The average molecular weight is 299 g/mol. The number of carbonyl (C=O) groups is 1. The Balaban J connectivity index is 2.15. The van der Waals surface area contributed by atoms with Gasteiger partial charge in [0.05, 0.1) is 0 Å². The van der Waals surface area contributed by atoms with Crippen LogP contribution in [0.1, 0.15) is 15.9 Å². The number of aromatic nitrogens is 1. The summed E-state index contributed by atoms with van der Waals surface area (Å²) in [6.45, 7) is 1.34. The van der Waals surface area contributed by atoms with Gasteiger partial charge < -0.3 is 15.2 Å². The highest BCUT2D eigenvalue weighted by Crippen LogP contribution is 2.05. The monoisotopic (exact) mass is 299 g/mol. The van der Waals surface area contributed by atoms with Crippen LogP contribution in [-0.4, -0.2) is 35.0 Å². The summed E-state index contributed by atoms with van der Waals surface area (Å²) in [7, 11) is 1.64. The van der Waals surface area contributed by atoms with Gasteiger partial charge in [-0.2, -0.15) is 0 Å². The molecule has 5 heteroatoms. The Morgan fingerprint density at radius 1 is 1.14 bits per heavy atom. The molecule has 1 amide bonds. The van der Waals surface area contributed by atoms with Crippen molar-refractivity contribution in [3.05, 3.63) is 70.1 Å². The summed E-state index contributed by atoms with van der Waals surface area (Å²) in [5.41, 5.74) is 6.66. The van der Waals surface area contributed by atoms with Gasteiger partial charge in [-0.05, 0) is 24.1 Å². The first-order valence-electron chi connectivity index (χ1n) is 7.32. The molecule has 2 N–H and O–H groups in total. The van der Waals surface area contributed by atoms with E-state index in [1.165, 1.54) is 4.57 Å². The Kier molecular flexibility index (Phi) is 5.49. The van der Waals surface area contributed by atoms with Crippen molar-refractivity contribution in [1.82, 2.24) is 9.47 Å². The Bertz CT molecular complexity index is 680. The maximum absolute atomic E-state index is 12.6. The van der Waals surface area contributed by atoms with Gasteiger partial charge in [0.1, 0.15) is 5.56 Å². The van der Waals surface area contributed by atoms with Crippen LogP contribution in [0.15, 0.2) is 53.5 Å². The third kappa shape index (κ3) is 3.83. The summed E-state index contributed by atoms with van der Waals surface area (Å²) in [4.78, 5) is 26.3. The molecule has 1 aromatic heterocycles. The minimum atomic E-state index is -0.283. The second kappa shape index (κ2) is 7.56. The Morgan fingerprint density at radius 3 is 2.55 bits per heavy atom. The predicted octanol–water partition coefficient (Wildman–Crippen LogP) is 1.03. The van der Waals surface area contributed by atoms with Crippen molar-refractivity contribution in [2.45, 2.75) is 6.42 Å². The molecule has 0 spiro atoms. The highest BCUT2D eigenvalue weighted by atomic mass is 16.2. The van der Waals surface area contributed by atoms with Crippen LogP contribution < -0.4 is 11.3 Å². The van der Waals surface area contributed by atoms with Gasteiger partial charge in [0.2, 0.25) is 0 Å². The summed E-state index contributed by atoms with van der Waals surface area (Å²) in [5.74, 6) is -0.261. The first-order chi connectivity index (χ1) is 10.6. The third-order valence-corrected chi connectivity index (χ3v) is 3.55. The van der Waals surface area contributed by atoms with Crippen molar-refractivity contribution in [3.63, 3.8) is 0 Å². The molecule has 2 rings (SSSR count). The van der Waals surface area contributed by atoms with Gasteiger partial charge in [-0.15, -0.1) is 0 Å². The molecular formula is C17H21N3O2. The van der Waals surface area contributed by atoms with E-state index in [9.17, 15) is 9.59 Å². The van der Waals surface area contributed by atoms with Crippen LogP contribution in [0.3, 0.4) is 0 Å². The number of nitrogens with two attached hydrogens (primary N) is 1. The molecule has 0 aliphatic heterocycles. The van der Waals surface area contributed by atoms with Gasteiger partial charge in [0, 0.05) is 32.9 Å². The fraction of sp³-hybridized carbons (Fsp3) is 0.294. The lowest BCUT2D eigenvalue weighted by Crippen LogP contribution is -2.40. The number of benzene rings is 1. The summed E-state index contributed by atoms with van der Waals surface area (Å²) < 4.78 is 1.41. The second-order valence-corrected chi connectivity index (χ2v) is 5.15. The maximum Gasteiger partial charge on any atom is 0.263 e. The summed E-state index contributed by atoms with van der Waals surface area (Å²) >= 11 is 0. The predicted molar refractivity (Wildman–Crippen MR) is 86.8 cm³/mol. The fourth-order valence-electron chi connectivity index (χ4n) is 2.31. The molecule has 1 aromatic carbocycles. The van der Waals surface area contributed by atoms with E-state index in [0.29, 0.717) is 19.6 Å². The molecule has 1 heterocycles. The molecule has 2 aromatic rings. The molecule has 0 aliphatic rings. The molecule has 0 atom stereocenters. The number of hydrogen-bond donors (Lipinski definition) is 1. The van der Waals surface area contributed by atoms with Crippen molar-refractivity contribution < 1.29 is 4.79 Å². The molecule has 22 heavy (non-hydrogen) atoms. The van der Waals surface area contributed by atoms with Gasteiger partial charge in [0.15, 0.2) is 0 Å². The molecular weight excluding hydrogens is 278 g/mol. The molecule has 0 saturated carbocycles. The van der Waals surface area contributed by atoms with Crippen molar-refractivity contribution >= 4 is 5.91 Å². The van der Waals surface area contributed by atoms with Gasteiger partial charge in [-0.3, -0.25) is 9.59 Å². The lowest BCUT2D eigenvalue weighted by Gasteiger charge is -2.22. The molecule has 0 aliphatic carbocycles. The van der Waals surface area contributed by atoms with E-state index in [4.69, 9.17) is 5.73 Å². The van der Waals surface area contributed by atoms with Crippen molar-refractivity contribution in [2.75, 3.05) is 19.6 Å². The van der Waals surface area contributed by atoms with Crippen LogP contribution in [0.2, 0.25) is 0 Å². The van der Waals surface area contributed by atoms with Gasteiger partial charge in [-0.1, -0.05) is 30.3 Å². The molecule has 0 radical (unpaired) electrons. The minimum absolute atomic E-state index is 0.187. The van der Waals surface area contributed by atoms with Crippen LogP contribution in [0.4, 0.5) is 0 Å². The van der Waals surface area contributed by atoms with Gasteiger partial charge >= 0.3 is 0 Å². The van der Waals surface area contributed by atoms with Crippen molar-refractivity contribution in [3.8, 4) is 0 Å². The average Bonchev–Trinajstić information content (AvgIpc) is 2.54. The fourth-order valence-corrected chi connectivity index (χ4v) is 2.31.